The van der Waals surface area contributed by atoms with Crippen LogP contribution in [-0.2, 0) is 35.3 Å². The third-order valence-electron chi connectivity index (χ3n) is 9.07. The van der Waals surface area contributed by atoms with E-state index in [1.807, 2.05) is 24.3 Å². The number of hydrogen-bond donors (Lipinski definition) is 2. The summed E-state index contributed by atoms with van der Waals surface area (Å²) in [6.45, 7) is 17.9. The number of carbonyl (C=O) groups is 2. The first-order chi connectivity index (χ1) is 26.3. The molecule has 54 heavy (non-hydrogen) atoms. The van der Waals surface area contributed by atoms with E-state index in [1.165, 1.54) is 12.2 Å². The molecule has 0 saturated heterocycles. The van der Waals surface area contributed by atoms with Crippen molar-refractivity contribution in [1.82, 2.24) is 0 Å². The molecular weight excluding hydrogens is 677 g/mol. The number of rotatable bonds is 16. The van der Waals surface area contributed by atoms with Crippen LogP contribution >= 0.6 is 0 Å². The van der Waals surface area contributed by atoms with Crippen molar-refractivity contribution in [3.63, 3.8) is 0 Å². The summed E-state index contributed by atoms with van der Waals surface area (Å²) in [5.74, 6) is 2.62. The topological polar surface area (TPSA) is 95.1 Å². The van der Waals surface area contributed by atoms with E-state index in [1.54, 1.807) is 0 Å². The largest absolute Gasteiger partial charge is 0.493 e. The van der Waals surface area contributed by atoms with Crippen molar-refractivity contribution < 1.29 is 28.5 Å². The van der Waals surface area contributed by atoms with Gasteiger partial charge in [-0.2, -0.15) is 0 Å². The summed E-state index contributed by atoms with van der Waals surface area (Å²) in [5, 5.41) is 6.03. The van der Waals surface area contributed by atoms with Gasteiger partial charge in [-0.1, -0.05) is 77.3 Å². The molecule has 284 valence electrons. The Labute approximate surface area is 320 Å². The molecule has 0 aromatic heterocycles. The second-order valence-electron chi connectivity index (χ2n) is 13.5. The van der Waals surface area contributed by atoms with Gasteiger partial charge < -0.3 is 29.6 Å². The van der Waals surface area contributed by atoms with Gasteiger partial charge in [-0.25, -0.2) is 0 Å². The van der Waals surface area contributed by atoms with Gasteiger partial charge in [-0.15, -0.1) is 0 Å². The Hall–Kier alpha value is -5.50. The van der Waals surface area contributed by atoms with Gasteiger partial charge in [0.1, 0.15) is 23.0 Å². The summed E-state index contributed by atoms with van der Waals surface area (Å²) in [6.07, 6.45) is 7.89. The minimum atomic E-state index is -0.287. The van der Waals surface area contributed by atoms with Crippen LogP contribution in [0, 0.1) is 0 Å². The van der Waals surface area contributed by atoms with Crippen molar-refractivity contribution in [3.05, 3.63) is 130 Å². The number of amides is 2. The monoisotopic (exact) mass is 730 g/mol. The Morgan fingerprint density at radius 3 is 1.00 bits per heavy atom. The summed E-state index contributed by atoms with van der Waals surface area (Å²) < 4.78 is 26.4. The fourth-order valence-electron chi connectivity index (χ4n) is 6.78. The predicted octanol–water partition coefficient (Wildman–Crippen LogP) is 9.77. The second kappa shape index (κ2) is 19.5. The van der Waals surface area contributed by atoms with Gasteiger partial charge in [0.25, 0.3) is 0 Å². The molecule has 0 aliphatic heterocycles. The second-order valence-corrected chi connectivity index (χ2v) is 13.5. The first-order valence-electron chi connectivity index (χ1n) is 19.2. The van der Waals surface area contributed by atoms with Crippen LogP contribution in [0.2, 0.25) is 0 Å². The maximum absolute atomic E-state index is 12.7. The van der Waals surface area contributed by atoms with Gasteiger partial charge in [0.2, 0.25) is 11.8 Å². The normalized spacial score (nSPS) is 11.9. The molecule has 8 heteroatoms. The SMILES string of the molecule is C=CC(=O)Nc1cc2c(OCCC)c(c1)Cc1cccc(c1OCCC)Cc1cc(NC(=O)C=C)cc(c1OCCC)Cc1cccc(c1OCCC)C2. The van der Waals surface area contributed by atoms with Crippen LogP contribution in [0.15, 0.2) is 86.0 Å². The van der Waals surface area contributed by atoms with E-state index < -0.39 is 0 Å². The fourth-order valence-corrected chi connectivity index (χ4v) is 6.78. The van der Waals surface area contributed by atoms with Crippen LogP contribution in [0.4, 0.5) is 11.4 Å². The van der Waals surface area contributed by atoms with E-state index in [-0.39, 0.29) is 11.8 Å². The Balaban J connectivity index is 1.84. The zero-order valence-corrected chi connectivity index (χ0v) is 32.3. The Morgan fingerprint density at radius 2 is 0.759 bits per heavy atom. The van der Waals surface area contributed by atoms with Crippen LogP contribution in [-0.4, -0.2) is 38.2 Å². The molecule has 4 aromatic carbocycles. The molecule has 0 atom stereocenters. The number of fused-ring (bicyclic) bond motifs is 8. The van der Waals surface area contributed by atoms with Gasteiger partial charge in [0, 0.05) is 59.3 Å². The van der Waals surface area contributed by atoms with Gasteiger partial charge in [0.15, 0.2) is 0 Å². The number of benzene rings is 4. The van der Waals surface area contributed by atoms with E-state index in [9.17, 15) is 9.59 Å². The molecule has 0 fully saturated rings. The molecule has 5 rings (SSSR count). The lowest BCUT2D eigenvalue weighted by atomic mass is 9.90. The predicted molar refractivity (Wildman–Crippen MR) is 218 cm³/mol. The zero-order valence-electron chi connectivity index (χ0n) is 32.3. The van der Waals surface area contributed by atoms with Crippen LogP contribution in [0.1, 0.15) is 97.9 Å². The Bertz CT molecular complexity index is 1730. The molecule has 8 bridgehead atoms. The van der Waals surface area contributed by atoms with Crippen LogP contribution in [0.5, 0.6) is 23.0 Å². The average Bonchev–Trinajstić information content (AvgIpc) is 3.16. The van der Waals surface area contributed by atoms with E-state index in [2.05, 4.69) is 87.9 Å². The van der Waals surface area contributed by atoms with E-state index >= 15 is 0 Å². The Kier molecular flexibility index (Phi) is 14.4. The number of para-hydroxylation sites is 2. The molecular formula is C46H54N2O6. The molecule has 1 aliphatic rings. The molecule has 1 aliphatic carbocycles. The van der Waals surface area contributed by atoms with Gasteiger partial charge in [-0.3, -0.25) is 9.59 Å². The smallest absolute Gasteiger partial charge is 0.247 e. The standard InChI is InChI=1S/C46H54N2O6/c1-7-19-51-43-31-15-13-16-32(43)24-36-28-40(48-42(50)12-6)30-38(46(36)54-22-10-4)26-34-18-14-17-33(44(34)52-20-8-2)25-37-29-39(47-41(49)11-5)27-35(23-31)45(37)53-21-9-3/h11-18,27-30H,5-10,19-26H2,1-4H3,(H,47,49)(H,48,50). The summed E-state index contributed by atoms with van der Waals surface area (Å²) in [4.78, 5) is 25.3. The molecule has 2 N–H and O–H groups in total. The first-order valence-corrected chi connectivity index (χ1v) is 19.2. The van der Waals surface area contributed by atoms with Crippen LogP contribution in [0.25, 0.3) is 0 Å². The lowest BCUT2D eigenvalue weighted by molar-refractivity contribution is -0.112. The number of anilines is 2. The molecule has 0 spiro atoms. The Morgan fingerprint density at radius 1 is 0.500 bits per heavy atom. The van der Waals surface area contributed by atoms with Gasteiger partial charge >= 0.3 is 0 Å². The molecule has 0 saturated carbocycles. The van der Waals surface area contributed by atoms with Crippen molar-refractivity contribution in [3.8, 4) is 23.0 Å². The van der Waals surface area contributed by atoms with Crippen LogP contribution < -0.4 is 29.6 Å². The van der Waals surface area contributed by atoms with E-state index in [0.29, 0.717) is 63.5 Å². The van der Waals surface area contributed by atoms with E-state index in [0.717, 1.165) is 93.2 Å². The van der Waals surface area contributed by atoms with Crippen molar-refractivity contribution in [2.24, 2.45) is 0 Å². The number of ether oxygens (including phenoxy) is 4. The molecule has 0 radical (unpaired) electrons. The lowest BCUT2D eigenvalue weighted by Crippen LogP contribution is -2.13. The number of nitrogens with one attached hydrogen (secondary N) is 2. The highest BCUT2D eigenvalue weighted by atomic mass is 16.5. The highest BCUT2D eigenvalue weighted by molar-refractivity contribution is 5.99. The average molecular weight is 731 g/mol. The number of hydrogen-bond acceptors (Lipinski definition) is 6. The van der Waals surface area contributed by atoms with Crippen molar-refractivity contribution in [2.45, 2.75) is 79.1 Å². The van der Waals surface area contributed by atoms with Crippen LogP contribution in [0.3, 0.4) is 0 Å². The number of carbonyl (C=O) groups excluding carboxylic acids is 2. The summed E-state index contributed by atoms with van der Waals surface area (Å²) >= 11 is 0. The summed E-state index contributed by atoms with van der Waals surface area (Å²) in [5.41, 5.74) is 9.03. The molecule has 0 heterocycles. The van der Waals surface area contributed by atoms with Gasteiger partial charge in [-0.05, 0) is 84.4 Å². The fraction of sp³-hybridized carbons (Fsp3) is 0.348. The molecule has 8 nitrogen and oxygen atoms in total. The first kappa shape index (κ1) is 39.7. The maximum Gasteiger partial charge on any atom is 0.247 e. The lowest BCUT2D eigenvalue weighted by Gasteiger charge is -2.24. The third kappa shape index (κ3) is 9.92. The zero-order chi connectivity index (χ0) is 38.5. The molecule has 0 unspecified atom stereocenters. The summed E-state index contributed by atoms with van der Waals surface area (Å²) in [7, 11) is 0. The summed E-state index contributed by atoms with van der Waals surface area (Å²) in [6, 6.07) is 20.5. The highest BCUT2D eigenvalue weighted by Gasteiger charge is 2.23. The van der Waals surface area contributed by atoms with Crippen molar-refractivity contribution >= 4 is 23.2 Å². The van der Waals surface area contributed by atoms with Gasteiger partial charge in [0.05, 0.1) is 26.4 Å². The quantitative estimate of drug-likeness (QED) is 0.0982. The minimum absolute atomic E-state index is 0.287. The molecule has 4 aromatic rings. The third-order valence-corrected chi connectivity index (χ3v) is 9.07. The molecule has 2 amide bonds. The van der Waals surface area contributed by atoms with Crippen molar-refractivity contribution in [1.29, 1.82) is 0 Å². The maximum atomic E-state index is 12.7. The van der Waals surface area contributed by atoms with Crippen molar-refractivity contribution in [2.75, 3.05) is 37.1 Å². The van der Waals surface area contributed by atoms with E-state index in [4.69, 9.17) is 18.9 Å². The highest BCUT2D eigenvalue weighted by Crippen LogP contribution is 2.41. The minimum Gasteiger partial charge on any atom is -0.493 e.